The van der Waals surface area contributed by atoms with Crippen molar-refractivity contribution in [1.82, 2.24) is 4.90 Å². The Morgan fingerprint density at radius 3 is 2.75 bits per heavy atom. The molecule has 1 aromatic rings. The highest BCUT2D eigenvalue weighted by molar-refractivity contribution is 5.96. The maximum absolute atomic E-state index is 12.7. The maximum atomic E-state index is 12.7. The van der Waals surface area contributed by atoms with Crippen LogP contribution >= 0.6 is 0 Å². The first kappa shape index (κ1) is 12.0. The first-order valence-corrected chi connectivity index (χ1v) is 4.62. The standard InChI is InChI=1S/C11H11FN2O2/c1-7(6-13)14(2)11(16)9-4-3-8(12)5-10(9)15/h3-5,7,15H,1-2H3. The molecular weight excluding hydrogens is 211 g/mol. The van der Waals surface area contributed by atoms with Gasteiger partial charge in [0.25, 0.3) is 5.91 Å². The second-order valence-electron chi connectivity index (χ2n) is 3.38. The van der Waals surface area contributed by atoms with E-state index in [0.29, 0.717) is 0 Å². The fraction of sp³-hybridized carbons (Fsp3) is 0.273. The molecule has 0 aromatic heterocycles. The molecule has 16 heavy (non-hydrogen) atoms. The molecule has 1 N–H and O–H groups in total. The first-order chi connectivity index (χ1) is 7.47. The summed E-state index contributed by atoms with van der Waals surface area (Å²) in [5.74, 6) is -1.57. The number of rotatable bonds is 2. The summed E-state index contributed by atoms with van der Waals surface area (Å²) in [6, 6.07) is 4.41. The summed E-state index contributed by atoms with van der Waals surface area (Å²) in [5, 5.41) is 18.0. The van der Waals surface area contributed by atoms with Gasteiger partial charge in [-0.25, -0.2) is 4.39 Å². The van der Waals surface area contributed by atoms with Gasteiger partial charge >= 0.3 is 0 Å². The molecule has 0 spiro atoms. The number of aromatic hydroxyl groups is 1. The van der Waals surface area contributed by atoms with E-state index in [1.54, 1.807) is 6.92 Å². The van der Waals surface area contributed by atoms with E-state index in [9.17, 15) is 14.3 Å². The van der Waals surface area contributed by atoms with E-state index in [1.165, 1.54) is 18.0 Å². The Balaban J connectivity index is 3.02. The van der Waals surface area contributed by atoms with Crippen molar-refractivity contribution in [2.45, 2.75) is 13.0 Å². The van der Waals surface area contributed by atoms with Crippen LogP contribution in [-0.4, -0.2) is 29.0 Å². The fourth-order valence-corrected chi connectivity index (χ4v) is 1.14. The number of carbonyl (C=O) groups excluding carboxylic acids is 1. The van der Waals surface area contributed by atoms with Crippen molar-refractivity contribution in [3.8, 4) is 11.8 Å². The van der Waals surface area contributed by atoms with Crippen LogP contribution in [0.25, 0.3) is 0 Å². The average Bonchev–Trinajstić information content (AvgIpc) is 2.26. The second-order valence-corrected chi connectivity index (χ2v) is 3.38. The summed E-state index contributed by atoms with van der Waals surface area (Å²) in [7, 11) is 1.44. The molecule has 0 saturated carbocycles. The van der Waals surface area contributed by atoms with Gasteiger partial charge in [-0.1, -0.05) is 0 Å². The number of carbonyl (C=O) groups is 1. The van der Waals surface area contributed by atoms with E-state index in [0.717, 1.165) is 12.1 Å². The summed E-state index contributed by atoms with van der Waals surface area (Å²) < 4.78 is 12.7. The Hall–Kier alpha value is -2.09. The van der Waals surface area contributed by atoms with Crippen LogP contribution in [0.15, 0.2) is 18.2 Å². The van der Waals surface area contributed by atoms with E-state index < -0.39 is 23.5 Å². The Labute approximate surface area is 92.5 Å². The zero-order valence-corrected chi connectivity index (χ0v) is 8.94. The molecule has 1 rings (SSSR count). The van der Waals surface area contributed by atoms with E-state index in [2.05, 4.69) is 0 Å². The van der Waals surface area contributed by atoms with Crippen molar-refractivity contribution in [2.24, 2.45) is 0 Å². The van der Waals surface area contributed by atoms with Crippen LogP contribution in [0.3, 0.4) is 0 Å². The number of nitrogens with zero attached hydrogens (tertiary/aromatic N) is 2. The highest BCUT2D eigenvalue weighted by Gasteiger charge is 2.19. The summed E-state index contributed by atoms with van der Waals surface area (Å²) in [5.41, 5.74) is -0.0222. The number of halogens is 1. The largest absolute Gasteiger partial charge is 0.507 e. The molecule has 0 fully saturated rings. The lowest BCUT2D eigenvalue weighted by molar-refractivity contribution is 0.0770. The zero-order valence-electron chi connectivity index (χ0n) is 8.94. The molecule has 0 bridgehead atoms. The molecular formula is C11H11FN2O2. The summed E-state index contributed by atoms with van der Waals surface area (Å²) >= 11 is 0. The van der Waals surface area contributed by atoms with E-state index in [-0.39, 0.29) is 5.56 Å². The van der Waals surface area contributed by atoms with Gasteiger partial charge in [0.1, 0.15) is 17.6 Å². The third kappa shape index (κ3) is 2.28. The van der Waals surface area contributed by atoms with Gasteiger partial charge in [0.05, 0.1) is 11.6 Å². The third-order valence-electron chi connectivity index (χ3n) is 2.28. The highest BCUT2D eigenvalue weighted by Crippen LogP contribution is 2.20. The average molecular weight is 222 g/mol. The molecule has 1 unspecified atom stereocenters. The van der Waals surface area contributed by atoms with Crippen molar-refractivity contribution >= 4 is 5.91 Å². The van der Waals surface area contributed by atoms with Crippen LogP contribution in [0.1, 0.15) is 17.3 Å². The van der Waals surface area contributed by atoms with E-state index >= 15 is 0 Å². The smallest absolute Gasteiger partial charge is 0.258 e. The summed E-state index contributed by atoms with van der Waals surface area (Å²) in [6.07, 6.45) is 0. The van der Waals surface area contributed by atoms with Crippen LogP contribution in [0.4, 0.5) is 4.39 Å². The predicted octanol–water partition coefficient (Wildman–Crippen LogP) is 1.52. The van der Waals surface area contributed by atoms with Gasteiger partial charge in [-0.2, -0.15) is 5.26 Å². The first-order valence-electron chi connectivity index (χ1n) is 4.62. The number of benzene rings is 1. The Morgan fingerprint density at radius 2 is 2.25 bits per heavy atom. The van der Waals surface area contributed by atoms with E-state index in [1.807, 2.05) is 6.07 Å². The fourth-order valence-electron chi connectivity index (χ4n) is 1.14. The minimum Gasteiger partial charge on any atom is -0.507 e. The lowest BCUT2D eigenvalue weighted by atomic mass is 10.1. The van der Waals surface area contributed by atoms with Gasteiger partial charge < -0.3 is 10.0 Å². The molecule has 0 saturated heterocycles. The molecule has 0 aliphatic rings. The Bertz CT molecular complexity index is 454. The zero-order chi connectivity index (χ0) is 12.3. The number of hydrogen-bond acceptors (Lipinski definition) is 3. The van der Waals surface area contributed by atoms with Crippen molar-refractivity contribution in [1.29, 1.82) is 5.26 Å². The SMILES string of the molecule is CC(C#N)N(C)C(=O)c1ccc(F)cc1O. The maximum Gasteiger partial charge on any atom is 0.258 e. The molecule has 0 heterocycles. The molecule has 0 radical (unpaired) electrons. The molecule has 1 atom stereocenters. The minimum absolute atomic E-state index is 0.0222. The highest BCUT2D eigenvalue weighted by atomic mass is 19.1. The molecule has 0 aliphatic carbocycles. The lowest BCUT2D eigenvalue weighted by Crippen LogP contribution is -2.34. The van der Waals surface area contributed by atoms with Crippen molar-refractivity contribution < 1.29 is 14.3 Å². The van der Waals surface area contributed by atoms with Crippen LogP contribution < -0.4 is 0 Å². The van der Waals surface area contributed by atoms with Gasteiger partial charge in [-0.3, -0.25) is 4.79 Å². The van der Waals surface area contributed by atoms with Crippen LogP contribution in [0.5, 0.6) is 5.75 Å². The molecule has 0 aliphatic heterocycles. The van der Waals surface area contributed by atoms with Gasteiger partial charge in [-0.15, -0.1) is 0 Å². The summed E-state index contributed by atoms with van der Waals surface area (Å²) in [4.78, 5) is 12.9. The number of phenolic OH excluding ortho intramolecular Hbond substituents is 1. The monoisotopic (exact) mass is 222 g/mol. The van der Waals surface area contributed by atoms with Crippen molar-refractivity contribution in [2.75, 3.05) is 7.05 Å². The Kier molecular flexibility index (Phi) is 3.46. The number of hydrogen-bond donors (Lipinski definition) is 1. The normalized spacial score (nSPS) is 11.6. The molecule has 1 aromatic carbocycles. The number of phenols is 1. The lowest BCUT2D eigenvalue weighted by Gasteiger charge is -2.19. The second kappa shape index (κ2) is 4.62. The van der Waals surface area contributed by atoms with E-state index in [4.69, 9.17) is 5.26 Å². The summed E-state index contributed by atoms with van der Waals surface area (Å²) in [6.45, 7) is 1.55. The van der Waals surface area contributed by atoms with Crippen LogP contribution in [-0.2, 0) is 0 Å². The predicted molar refractivity (Wildman–Crippen MR) is 55.2 cm³/mol. The molecule has 4 nitrogen and oxygen atoms in total. The molecule has 5 heteroatoms. The van der Waals surface area contributed by atoms with Gasteiger partial charge in [0.15, 0.2) is 0 Å². The van der Waals surface area contributed by atoms with Crippen LogP contribution in [0.2, 0.25) is 0 Å². The van der Waals surface area contributed by atoms with Crippen LogP contribution in [0, 0.1) is 17.1 Å². The van der Waals surface area contributed by atoms with Gasteiger partial charge in [0, 0.05) is 13.1 Å². The topological polar surface area (TPSA) is 64.3 Å². The number of nitriles is 1. The number of amides is 1. The quantitative estimate of drug-likeness (QED) is 0.825. The minimum atomic E-state index is -0.620. The van der Waals surface area contributed by atoms with Crippen molar-refractivity contribution in [3.05, 3.63) is 29.6 Å². The van der Waals surface area contributed by atoms with Crippen molar-refractivity contribution in [3.63, 3.8) is 0 Å². The Morgan fingerprint density at radius 1 is 1.62 bits per heavy atom. The van der Waals surface area contributed by atoms with Gasteiger partial charge in [0.2, 0.25) is 0 Å². The third-order valence-corrected chi connectivity index (χ3v) is 2.28. The van der Waals surface area contributed by atoms with Gasteiger partial charge in [-0.05, 0) is 19.1 Å². The molecule has 84 valence electrons. The molecule has 1 amide bonds.